The fourth-order valence-electron chi connectivity index (χ4n) is 8.07. The van der Waals surface area contributed by atoms with Crippen molar-refractivity contribution >= 4 is 35.1 Å². The van der Waals surface area contributed by atoms with Crippen LogP contribution in [0.3, 0.4) is 0 Å². The molecule has 13 nitrogen and oxygen atoms in total. The number of likely N-dealkylation sites (tertiary alicyclic amines) is 2. The van der Waals surface area contributed by atoms with Gasteiger partial charge >= 0.3 is 6.09 Å². The molecule has 0 spiro atoms. The number of aliphatic hydroxyl groups excluding tert-OH is 1. The molecule has 3 saturated heterocycles. The van der Waals surface area contributed by atoms with Crippen molar-refractivity contribution in [3.05, 3.63) is 52.9 Å². The first-order valence-electron chi connectivity index (χ1n) is 19.8. The summed E-state index contributed by atoms with van der Waals surface area (Å²) in [5, 5.41) is 18.1. The maximum absolute atomic E-state index is 16.1. The first kappa shape index (κ1) is 41.6. The average Bonchev–Trinajstić information content (AvgIpc) is 3.89. The Bertz CT molecular complexity index is 1840. The van der Waals surface area contributed by atoms with Gasteiger partial charge in [0.05, 0.1) is 28.2 Å². The second-order valence-corrected chi connectivity index (χ2v) is 18.1. The molecule has 3 aromatic rings. The van der Waals surface area contributed by atoms with E-state index in [9.17, 15) is 19.5 Å². The summed E-state index contributed by atoms with van der Waals surface area (Å²) in [4.78, 5) is 53.2. The third-order valence-corrected chi connectivity index (χ3v) is 12.3. The van der Waals surface area contributed by atoms with E-state index in [0.717, 1.165) is 21.7 Å². The second-order valence-electron chi connectivity index (χ2n) is 17.2. The number of anilines is 1. The molecule has 306 valence electrons. The summed E-state index contributed by atoms with van der Waals surface area (Å²) in [6.45, 7) is 18.1. The highest BCUT2D eigenvalue weighted by atomic mass is 32.1. The van der Waals surface area contributed by atoms with Crippen LogP contribution in [-0.2, 0) is 14.3 Å². The zero-order valence-corrected chi connectivity index (χ0v) is 34.8. The van der Waals surface area contributed by atoms with E-state index >= 15 is 4.39 Å². The number of aromatic nitrogens is 2. The van der Waals surface area contributed by atoms with Crippen molar-refractivity contribution in [2.45, 2.75) is 116 Å². The smallest absolute Gasteiger partial charge is 0.410 e. The summed E-state index contributed by atoms with van der Waals surface area (Å²) >= 11 is 1.59. The Morgan fingerprint density at radius 2 is 1.79 bits per heavy atom. The molecule has 1 aromatic carbocycles. The number of nitrogens with one attached hydrogen (secondary N) is 1. The predicted octanol–water partition coefficient (Wildman–Crippen LogP) is 5.94. The van der Waals surface area contributed by atoms with Gasteiger partial charge in [0, 0.05) is 77.2 Å². The molecular formula is C41H58FN7O6S. The molecule has 0 bridgehead atoms. The fourth-order valence-corrected chi connectivity index (χ4v) is 8.88. The number of nitrogens with zero attached hydrogens (tertiary/aromatic N) is 6. The average molecular weight is 796 g/mol. The van der Waals surface area contributed by atoms with Crippen molar-refractivity contribution in [1.29, 1.82) is 0 Å². The lowest BCUT2D eigenvalue weighted by molar-refractivity contribution is -0.141. The third-order valence-electron chi connectivity index (χ3n) is 11.3. The zero-order chi connectivity index (χ0) is 40.5. The Morgan fingerprint density at radius 1 is 1.09 bits per heavy atom. The van der Waals surface area contributed by atoms with Crippen molar-refractivity contribution in [2.75, 3.05) is 50.7 Å². The number of benzene rings is 1. The molecule has 15 heteroatoms. The van der Waals surface area contributed by atoms with E-state index in [1.807, 2.05) is 78.2 Å². The number of piperidine rings is 1. The molecule has 3 amide bonds. The van der Waals surface area contributed by atoms with Crippen LogP contribution in [0.2, 0.25) is 0 Å². The number of β-amino-alcohol motifs (C(OH)–C–C–N with tert-alkyl or cyclic N) is 1. The topological polar surface area (TPSA) is 145 Å². The lowest BCUT2D eigenvalue weighted by Gasteiger charge is -2.44. The van der Waals surface area contributed by atoms with Gasteiger partial charge in [-0.25, -0.2) is 14.2 Å². The molecule has 3 aliphatic heterocycles. The molecular weight excluding hydrogens is 738 g/mol. The fraction of sp³-hybridized carbons (Fsp3) is 0.634. The molecule has 5 atom stereocenters. The Labute approximate surface area is 333 Å². The third kappa shape index (κ3) is 9.54. The maximum atomic E-state index is 16.1. The Hall–Kier alpha value is -4.08. The van der Waals surface area contributed by atoms with Crippen molar-refractivity contribution in [3.63, 3.8) is 0 Å². The number of hydrogen-bond donors (Lipinski definition) is 2. The summed E-state index contributed by atoms with van der Waals surface area (Å²) in [6, 6.07) is 8.69. The molecule has 6 rings (SSSR count). The number of alkyl halides is 1. The number of piperazine rings is 1. The second kappa shape index (κ2) is 16.8. The van der Waals surface area contributed by atoms with E-state index in [1.54, 1.807) is 22.3 Å². The minimum atomic E-state index is -1.40. The van der Waals surface area contributed by atoms with Gasteiger partial charge in [-0.1, -0.05) is 43.3 Å². The number of halogens is 1. The van der Waals surface area contributed by atoms with Crippen LogP contribution in [0.5, 0.6) is 0 Å². The van der Waals surface area contributed by atoms with E-state index in [1.165, 1.54) is 4.90 Å². The maximum Gasteiger partial charge on any atom is 0.410 e. The molecule has 2 N–H and O–H groups in total. The van der Waals surface area contributed by atoms with Crippen LogP contribution in [0, 0.1) is 12.8 Å². The van der Waals surface area contributed by atoms with E-state index in [0.29, 0.717) is 44.3 Å². The van der Waals surface area contributed by atoms with Crippen molar-refractivity contribution < 1.29 is 33.1 Å². The molecule has 5 heterocycles. The molecule has 3 fully saturated rings. The lowest BCUT2D eigenvalue weighted by Crippen LogP contribution is -2.57. The van der Waals surface area contributed by atoms with Crippen LogP contribution in [0.1, 0.15) is 96.7 Å². The van der Waals surface area contributed by atoms with Crippen LogP contribution in [-0.4, -0.2) is 123 Å². The summed E-state index contributed by atoms with van der Waals surface area (Å²) < 4.78 is 27.4. The van der Waals surface area contributed by atoms with E-state index in [-0.39, 0.29) is 62.2 Å². The van der Waals surface area contributed by atoms with Gasteiger partial charge in [0.1, 0.15) is 23.2 Å². The highest BCUT2D eigenvalue weighted by Gasteiger charge is 2.44. The number of aliphatic hydroxyl groups is 1. The first-order chi connectivity index (χ1) is 26.4. The summed E-state index contributed by atoms with van der Waals surface area (Å²) in [7, 11) is 0. The number of thiazole rings is 1. The molecule has 2 aromatic heterocycles. The monoisotopic (exact) mass is 795 g/mol. The zero-order valence-electron chi connectivity index (χ0n) is 34.0. The van der Waals surface area contributed by atoms with Gasteiger partial charge in [-0.15, -0.1) is 11.3 Å². The highest BCUT2D eigenvalue weighted by Crippen LogP contribution is 2.35. The predicted molar refractivity (Wildman–Crippen MR) is 213 cm³/mol. The summed E-state index contributed by atoms with van der Waals surface area (Å²) in [5.74, 6) is -0.496. The number of ether oxygens (including phenoxy) is 1. The first-order valence-corrected chi connectivity index (χ1v) is 20.7. The van der Waals surface area contributed by atoms with Gasteiger partial charge in [-0.3, -0.25) is 14.5 Å². The molecule has 56 heavy (non-hydrogen) atoms. The summed E-state index contributed by atoms with van der Waals surface area (Å²) in [5.41, 5.74) is 2.80. The van der Waals surface area contributed by atoms with Crippen molar-refractivity contribution in [1.82, 2.24) is 30.2 Å². The standard InChI is InChI=1S/C41H58FN7O6S/c1-25(2)35(38(52)49-22-31(50)19-32(49)37(51)44-27(4)29-9-11-30(12-10-29)36-28(5)43-24-56-36)33-20-34(45-55-33)47-17-18-48(26(3)21-47)23-41(42)13-15-46(16-14-41)39(53)54-40(6,7)8/h9-12,20,24-27,31-32,35,50H,13-19,21-23H2,1-8H3,(H,44,51)/t26-,27+,31-,32+,35+/m1/s1. The van der Waals surface area contributed by atoms with Gasteiger partial charge in [-0.05, 0) is 58.6 Å². The molecule has 0 saturated carbocycles. The normalized spacial score (nSPS) is 23.0. The highest BCUT2D eigenvalue weighted by molar-refractivity contribution is 7.13. The van der Waals surface area contributed by atoms with E-state index in [4.69, 9.17) is 9.26 Å². The van der Waals surface area contributed by atoms with Crippen LogP contribution in [0.15, 0.2) is 40.4 Å². The van der Waals surface area contributed by atoms with Gasteiger partial charge in [0.2, 0.25) is 11.8 Å². The van der Waals surface area contributed by atoms with Crippen LogP contribution in [0.25, 0.3) is 10.4 Å². The number of amides is 3. The summed E-state index contributed by atoms with van der Waals surface area (Å²) in [6.07, 6.45) is -0.569. The van der Waals surface area contributed by atoms with Gasteiger partial charge < -0.3 is 34.4 Å². The van der Waals surface area contributed by atoms with Crippen LogP contribution in [0.4, 0.5) is 15.0 Å². The Balaban J connectivity index is 1.05. The lowest BCUT2D eigenvalue weighted by atomic mass is 9.91. The minimum absolute atomic E-state index is 0.0242. The minimum Gasteiger partial charge on any atom is -0.444 e. The Kier molecular flexibility index (Phi) is 12.5. The van der Waals surface area contributed by atoms with Gasteiger partial charge in [0.25, 0.3) is 0 Å². The molecule has 0 aliphatic carbocycles. The molecule has 3 aliphatic rings. The van der Waals surface area contributed by atoms with Crippen molar-refractivity contribution in [3.8, 4) is 10.4 Å². The van der Waals surface area contributed by atoms with E-state index in [2.05, 4.69) is 32.2 Å². The number of rotatable bonds is 10. The van der Waals surface area contributed by atoms with E-state index < -0.39 is 35.4 Å². The van der Waals surface area contributed by atoms with Crippen LogP contribution < -0.4 is 10.2 Å². The van der Waals surface area contributed by atoms with Gasteiger partial charge in [0.15, 0.2) is 11.6 Å². The SMILES string of the molecule is Cc1ncsc1-c1ccc([C@H](C)NC(=O)[C@@H]2C[C@@H](O)CN2C(=O)[C@H](c2cc(N3CCN(CC4(F)CCN(C(=O)OC(C)(C)C)CC4)[C@H](C)C3)no2)C(C)C)cc1. The van der Waals surface area contributed by atoms with Gasteiger partial charge in [-0.2, -0.15) is 0 Å². The van der Waals surface area contributed by atoms with Crippen molar-refractivity contribution in [2.24, 2.45) is 5.92 Å². The number of carbonyl (C=O) groups excluding carboxylic acids is 3. The largest absolute Gasteiger partial charge is 0.444 e. The number of aryl methyl sites for hydroxylation is 1. The number of hydrogen-bond acceptors (Lipinski definition) is 11. The quantitative estimate of drug-likeness (QED) is 0.253. The molecule has 0 radical (unpaired) electrons. The molecule has 0 unspecified atom stereocenters. The Morgan fingerprint density at radius 3 is 2.39 bits per heavy atom. The van der Waals surface area contributed by atoms with Crippen LogP contribution >= 0.6 is 11.3 Å². The number of carbonyl (C=O) groups is 3.